The van der Waals surface area contributed by atoms with Crippen LogP contribution in [0.4, 0.5) is 5.69 Å². The Morgan fingerprint density at radius 1 is 1.41 bits per heavy atom. The Hall–Kier alpha value is -1.55. The average Bonchev–Trinajstić information content (AvgIpc) is 2.33. The highest BCUT2D eigenvalue weighted by Gasteiger charge is 2.32. The number of methoxy groups -OCH3 is 1. The maximum absolute atomic E-state index is 11.2. The SMILES string of the molecule is COC(=O)c1ccc(NCC2(C)COC2)cc1. The first kappa shape index (κ1) is 11.9. The van der Waals surface area contributed by atoms with E-state index in [1.54, 1.807) is 12.1 Å². The summed E-state index contributed by atoms with van der Waals surface area (Å²) in [6.07, 6.45) is 0. The molecule has 0 atom stereocenters. The van der Waals surface area contributed by atoms with Crippen LogP contribution in [0.1, 0.15) is 17.3 Å². The second-order valence-corrected chi connectivity index (χ2v) is 4.73. The molecule has 4 heteroatoms. The van der Waals surface area contributed by atoms with E-state index in [9.17, 15) is 4.79 Å². The third-order valence-corrected chi connectivity index (χ3v) is 2.93. The van der Waals surface area contributed by atoms with Crippen molar-refractivity contribution in [3.8, 4) is 0 Å². The zero-order chi connectivity index (χ0) is 12.3. The molecular formula is C13H17NO3. The molecule has 0 amide bonds. The monoisotopic (exact) mass is 235 g/mol. The smallest absolute Gasteiger partial charge is 0.337 e. The van der Waals surface area contributed by atoms with E-state index >= 15 is 0 Å². The van der Waals surface area contributed by atoms with Crippen LogP contribution >= 0.6 is 0 Å². The van der Waals surface area contributed by atoms with Crippen LogP contribution in [0.25, 0.3) is 0 Å². The number of ether oxygens (including phenoxy) is 2. The predicted octanol–water partition coefficient (Wildman–Crippen LogP) is 1.92. The Labute approximate surface area is 101 Å². The van der Waals surface area contributed by atoms with Crippen LogP contribution in [-0.4, -0.2) is 32.8 Å². The van der Waals surface area contributed by atoms with Crippen molar-refractivity contribution < 1.29 is 14.3 Å². The Balaban J connectivity index is 1.91. The second-order valence-electron chi connectivity index (χ2n) is 4.73. The summed E-state index contributed by atoms with van der Waals surface area (Å²) in [6, 6.07) is 7.28. The molecule has 2 rings (SSSR count). The van der Waals surface area contributed by atoms with Gasteiger partial charge in [0.15, 0.2) is 0 Å². The first-order chi connectivity index (χ1) is 8.13. The van der Waals surface area contributed by atoms with Gasteiger partial charge >= 0.3 is 5.97 Å². The molecule has 1 saturated heterocycles. The van der Waals surface area contributed by atoms with Crippen LogP contribution in [-0.2, 0) is 9.47 Å². The molecule has 0 spiro atoms. The summed E-state index contributed by atoms with van der Waals surface area (Å²) in [6.45, 7) is 4.68. The maximum Gasteiger partial charge on any atom is 0.337 e. The third kappa shape index (κ3) is 2.77. The molecule has 92 valence electrons. The molecule has 0 aliphatic carbocycles. The van der Waals surface area contributed by atoms with Crippen molar-refractivity contribution in [3.63, 3.8) is 0 Å². The molecule has 1 heterocycles. The minimum atomic E-state index is -0.309. The highest BCUT2D eigenvalue weighted by atomic mass is 16.5. The zero-order valence-electron chi connectivity index (χ0n) is 10.2. The van der Waals surface area contributed by atoms with Crippen molar-refractivity contribution >= 4 is 11.7 Å². The molecule has 1 N–H and O–H groups in total. The summed E-state index contributed by atoms with van der Waals surface area (Å²) in [5.74, 6) is -0.309. The summed E-state index contributed by atoms with van der Waals surface area (Å²) in [7, 11) is 1.38. The number of esters is 1. The van der Waals surface area contributed by atoms with Crippen LogP contribution in [0.5, 0.6) is 0 Å². The minimum absolute atomic E-state index is 0.237. The molecular weight excluding hydrogens is 218 g/mol. The van der Waals surface area contributed by atoms with E-state index in [0.717, 1.165) is 25.4 Å². The standard InChI is InChI=1S/C13H17NO3/c1-13(8-17-9-13)7-14-11-5-3-10(4-6-11)12(15)16-2/h3-6,14H,7-9H2,1-2H3. The van der Waals surface area contributed by atoms with Crippen molar-refractivity contribution in [2.24, 2.45) is 5.41 Å². The molecule has 1 aliphatic rings. The lowest BCUT2D eigenvalue weighted by Crippen LogP contribution is -2.45. The van der Waals surface area contributed by atoms with Crippen LogP contribution in [0, 0.1) is 5.41 Å². The number of carbonyl (C=O) groups excluding carboxylic acids is 1. The van der Waals surface area contributed by atoms with Gasteiger partial charge in [0.25, 0.3) is 0 Å². The Kier molecular flexibility index (Phi) is 3.33. The number of benzene rings is 1. The van der Waals surface area contributed by atoms with Crippen LogP contribution < -0.4 is 5.32 Å². The molecule has 4 nitrogen and oxygen atoms in total. The van der Waals surface area contributed by atoms with Gasteiger partial charge in [0.05, 0.1) is 25.9 Å². The van der Waals surface area contributed by atoms with Gasteiger partial charge < -0.3 is 14.8 Å². The maximum atomic E-state index is 11.2. The second kappa shape index (κ2) is 4.75. The van der Waals surface area contributed by atoms with Crippen molar-refractivity contribution in [3.05, 3.63) is 29.8 Å². The Bertz CT molecular complexity index is 396. The van der Waals surface area contributed by atoms with Gasteiger partial charge in [0, 0.05) is 17.6 Å². The molecule has 1 aromatic carbocycles. The van der Waals surface area contributed by atoms with Crippen LogP contribution in [0.3, 0.4) is 0 Å². The van der Waals surface area contributed by atoms with Crippen molar-refractivity contribution in [1.82, 2.24) is 0 Å². The van der Waals surface area contributed by atoms with Gasteiger partial charge in [0.1, 0.15) is 0 Å². The lowest BCUT2D eigenvalue weighted by Gasteiger charge is -2.38. The van der Waals surface area contributed by atoms with Gasteiger partial charge in [-0.1, -0.05) is 6.92 Å². The molecule has 1 aromatic rings. The Morgan fingerprint density at radius 2 is 2.06 bits per heavy atom. The van der Waals surface area contributed by atoms with Gasteiger partial charge in [-0.3, -0.25) is 0 Å². The quantitative estimate of drug-likeness (QED) is 0.810. The number of nitrogens with one attached hydrogen (secondary N) is 1. The summed E-state index contributed by atoms with van der Waals surface area (Å²) < 4.78 is 9.83. The topological polar surface area (TPSA) is 47.6 Å². The lowest BCUT2D eigenvalue weighted by molar-refractivity contribution is -0.0924. The summed E-state index contributed by atoms with van der Waals surface area (Å²) >= 11 is 0. The average molecular weight is 235 g/mol. The first-order valence-electron chi connectivity index (χ1n) is 5.63. The molecule has 0 saturated carbocycles. The largest absolute Gasteiger partial charge is 0.465 e. The van der Waals surface area contributed by atoms with E-state index < -0.39 is 0 Å². The van der Waals surface area contributed by atoms with Crippen molar-refractivity contribution in [2.75, 3.05) is 32.2 Å². The number of anilines is 1. The summed E-state index contributed by atoms with van der Waals surface area (Å²) in [5, 5.41) is 3.34. The molecule has 1 fully saturated rings. The molecule has 17 heavy (non-hydrogen) atoms. The summed E-state index contributed by atoms with van der Waals surface area (Å²) in [4.78, 5) is 11.2. The highest BCUT2D eigenvalue weighted by Crippen LogP contribution is 2.26. The van der Waals surface area contributed by atoms with Crippen LogP contribution in [0.2, 0.25) is 0 Å². The zero-order valence-corrected chi connectivity index (χ0v) is 10.2. The van der Waals surface area contributed by atoms with E-state index in [1.807, 2.05) is 12.1 Å². The number of hydrogen-bond acceptors (Lipinski definition) is 4. The Morgan fingerprint density at radius 3 is 2.53 bits per heavy atom. The first-order valence-corrected chi connectivity index (χ1v) is 5.63. The fourth-order valence-electron chi connectivity index (χ4n) is 1.71. The number of carbonyl (C=O) groups is 1. The minimum Gasteiger partial charge on any atom is -0.465 e. The predicted molar refractivity (Wildman–Crippen MR) is 65.2 cm³/mol. The van der Waals surface area contributed by atoms with Gasteiger partial charge in [-0.05, 0) is 24.3 Å². The molecule has 0 aromatic heterocycles. The molecule has 0 bridgehead atoms. The van der Waals surface area contributed by atoms with E-state index in [2.05, 4.69) is 17.0 Å². The van der Waals surface area contributed by atoms with Crippen LogP contribution in [0.15, 0.2) is 24.3 Å². The molecule has 0 radical (unpaired) electrons. The van der Waals surface area contributed by atoms with Crippen molar-refractivity contribution in [2.45, 2.75) is 6.92 Å². The normalized spacial score (nSPS) is 17.1. The number of rotatable bonds is 4. The van der Waals surface area contributed by atoms with Gasteiger partial charge in [-0.25, -0.2) is 4.79 Å². The van der Waals surface area contributed by atoms with E-state index in [1.165, 1.54) is 7.11 Å². The third-order valence-electron chi connectivity index (χ3n) is 2.93. The van der Waals surface area contributed by atoms with Gasteiger partial charge in [-0.15, -0.1) is 0 Å². The van der Waals surface area contributed by atoms with E-state index in [-0.39, 0.29) is 11.4 Å². The summed E-state index contributed by atoms with van der Waals surface area (Å²) in [5.41, 5.74) is 1.81. The van der Waals surface area contributed by atoms with E-state index in [4.69, 9.17) is 4.74 Å². The van der Waals surface area contributed by atoms with Gasteiger partial charge in [-0.2, -0.15) is 0 Å². The molecule has 0 unspecified atom stereocenters. The van der Waals surface area contributed by atoms with Gasteiger partial charge in [0.2, 0.25) is 0 Å². The number of hydrogen-bond donors (Lipinski definition) is 1. The molecule has 1 aliphatic heterocycles. The fourth-order valence-corrected chi connectivity index (χ4v) is 1.71. The lowest BCUT2D eigenvalue weighted by atomic mass is 9.89. The van der Waals surface area contributed by atoms with Crippen molar-refractivity contribution in [1.29, 1.82) is 0 Å². The fraction of sp³-hybridized carbons (Fsp3) is 0.462. The highest BCUT2D eigenvalue weighted by molar-refractivity contribution is 5.89. The van der Waals surface area contributed by atoms with E-state index in [0.29, 0.717) is 5.56 Å².